The number of aliphatic hydroxyl groups is 1. The Labute approximate surface area is 110 Å². The molecule has 6 heteroatoms. The number of amides is 1. The van der Waals surface area contributed by atoms with E-state index < -0.39 is 23.6 Å². The molecule has 0 spiro atoms. The van der Waals surface area contributed by atoms with Gasteiger partial charge in [-0.05, 0) is 25.7 Å². The van der Waals surface area contributed by atoms with Gasteiger partial charge in [0.15, 0.2) is 0 Å². The summed E-state index contributed by atoms with van der Waals surface area (Å²) in [7, 11) is 0. The second-order valence-corrected chi connectivity index (χ2v) is 5.87. The molecule has 0 aromatic heterocycles. The third-order valence-corrected chi connectivity index (χ3v) is 4.43. The molecule has 2 fully saturated rings. The Morgan fingerprint density at radius 1 is 1.37 bits per heavy atom. The van der Waals surface area contributed by atoms with Gasteiger partial charge in [-0.15, -0.1) is 0 Å². The molecule has 2 rings (SSSR count). The molecule has 1 aliphatic carbocycles. The number of nitrogens with zero attached hydrogens (tertiary/aromatic N) is 1. The predicted molar refractivity (Wildman–Crippen MR) is 63.3 cm³/mol. The number of hydrogen-bond donors (Lipinski definition) is 1. The van der Waals surface area contributed by atoms with Crippen LogP contribution >= 0.6 is 0 Å². The van der Waals surface area contributed by atoms with Crippen LogP contribution in [0.3, 0.4) is 0 Å². The molecule has 1 N–H and O–H groups in total. The van der Waals surface area contributed by atoms with E-state index in [1.165, 1.54) is 4.90 Å². The quantitative estimate of drug-likeness (QED) is 0.843. The zero-order valence-electron chi connectivity index (χ0n) is 11.0. The van der Waals surface area contributed by atoms with Crippen LogP contribution in [-0.2, 0) is 4.79 Å². The molecule has 1 saturated carbocycles. The topological polar surface area (TPSA) is 40.5 Å². The van der Waals surface area contributed by atoms with Crippen LogP contribution in [0.4, 0.5) is 13.2 Å². The third-order valence-electron chi connectivity index (χ3n) is 4.43. The number of rotatable bonds is 2. The van der Waals surface area contributed by atoms with E-state index in [2.05, 4.69) is 0 Å². The van der Waals surface area contributed by atoms with Gasteiger partial charge < -0.3 is 10.0 Å². The van der Waals surface area contributed by atoms with Crippen LogP contribution in [0.25, 0.3) is 0 Å². The van der Waals surface area contributed by atoms with E-state index in [1.54, 1.807) is 0 Å². The first-order chi connectivity index (χ1) is 8.75. The van der Waals surface area contributed by atoms with Gasteiger partial charge in [0.2, 0.25) is 5.91 Å². The van der Waals surface area contributed by atoms with Gasteiger partial charge >= 0.3 is 6.18 Å². The Kier molecular flexibility index (Phi) is 3.82. The van der Waals surface area contributed by atoms with Gasteiger partial charge in [0, 0.05) is 5.92 Å². The zero-order chi connectivity index (χ0) is 14.3. The second-order valence-electron chi connectivity index (χ2n) is 5.87. The number of halogens is 3. The van der Waals surface area contributed by atoms with Crippen molar-refractivity contribution in [2.45, 2.75) is 50.8 Å². The maximum atomic E-state index is 12.7. The summed E-state index contributed by atoms with van der Waals surface area (Å²) in [6.45, 7) is 2.35. The fourth-order valence-corrected chi connectivity index (χ4v) is 3.01. The summed E-state index contributed by atoms with van der Waals surface area (Å²) in [5.74, 6) is -2.09. The number of alkyl halides is 3. The normalized spacial score (nSPS) is 30.9. The van der Waals surface area contributed by atoms with Crippen LogP contribution in [0, 0.1) is 11.8 Å². The predicted octanol–water partition coefficient (Wildman–Crippen LogP) is 2.34. The standard InChI is InChI=1S/C13H20F3NO2/c1-2-12(19)7-17(8-12)11(18)9-4-3-5-10(6-9)13(14,15)16/h9-10,19H,2-8H2,1H3. The number of likely N-dealkylation sites (tertiary alicyclic amines) is 1. The first kappa shape index (κ1) is 14.6. The van der Waals surface area contributed by atoms with Gasteiger partial charge in [0.1, 0.15) is 0 Å². The van der Waals surface area contributed by atoms with Gasteiger partial charge in [-0.2, -0.15) is 13.2 Å². The number of carbonyl (C=O) groups is 1. The monoisotopic (exact) mass is 279 g/mol. The summed E-state index contributed by atoms with van der Waals surface area (Å²) < 4.78 is 38.1. The summed E-state index contributed by atoms with van der Waals surface area (Å²) in [6, 6.07) is 0. The van der Waals surface area contributed by atoms with Crippen LogP contribution in [0.1, 0.15) is 39.0 Å². The van der Waals surface area contributed by atoms with Crippen molar-refractivity contribution >= 4 is 5.91 Å². The van der Waals surface area contributed by atoms with Crippen molar-refractivity contribution in [2.24, 2.45) is 11.8 Å². The fraction of sp³-hybridized carbons (Fsp3) is 0.923. The molecule has 2 aliphatic rings. The van der Waals surface area contributed by atoms with Crippen molar-refractivity contribution in [3.63, 3.8) is 0 Å². The van der Waals surface area contributed by atoms with E-state index in [1.807, 2.05) is 6.92 Å². The van der Waals surface area contributed by atoms with E-state index in [4.69, 9.17) is 0 Å². The molecule has 110 valence electrons. The third kappa shape index (κ3) is 3.04. The molecule has 0 bridgehead atoms. The van der Waals surface area contributed by atoms with Gasteiger partial charge in [-0.3, -0.25) is 4.79 Å². The fourth-order valence-electron chi connectivity index (χ4n) is 3.01. The molecule has 1 amide bonds. The molecular formula is C13H20F3NO2. The minimum atomic E-state index is -4.20. The minimum Gasteiger partial charge on any atom is -0.386 e. The van der Waals surface area contributed by atoms with Crippen molar-refractivity contribution < 1.29 is 23.1 Å². The first-order valence-electron chi connectivity index (χ1n) is 6.83. The maximum absolute atomic E-state index is 12.7. The second kappa shape index (κ2) is 4.96. The maximum Gasteiger partial charge on any atom is 0.391 e. The van der Waals surface area contributed by atoms with E-state index >= 15 is 0 Å². The van der Waals surface area contributed by atoms with Gasteiger partial charge in [0.05, 0.1) is 24.6 Å². The van der Waals surface area contributed by atoms with Gasteiger partial charge in [0.25, 0.3) is 0 Å². The Hall–Kier alpha value is -0.780. The molecule has 3 nitrogen and oxygen atoms in total. The Balaban J connectivity index is 1.90. The van der Waals surface area contributed by atoms with Crippen LogP contribution in [0.5, 0.6) is 0 Å². The molecular weight excluding hydrogens is 259 g/mol. The van der Waals surface area contributed by atoms with E-state index in [0.717, 1.165) is 0 Å². The Morgan fingerprint density at radius 2 is 2.00 bits per heavy atom. The van der Waals surface area contributed by atoms with Crippen LogP contribution in [0.2, 0.25) is 0 Å². The summed E-state index contributed by atoms with van der Waals surface area (Å²) in [4.78, 5) is 13.6. The van der Waals surface area contributed by atoms with Gasteiger partial charge in [-0.1, -0.05) is 13.3 Å². The molecule has 19 heavy (non-hydrogen) atoms. The molecule has 0 aromatic rings. The number of carbonyl (C=O) groups excluding carboxylic acids is 1. The Morgan fingerprint density at radius 3 is 2.53 bits per heavy atom. The summed E-state index contributed by atoms with van der Waals surface area (Å²) in [5, 5.41) is 9.84. The molecule has 1 heterocycles. The molecule has 1 aliphatic heterocycles. The smallest absolute Gasteiger partial charge is 0.386 e. The van der Waals surface area contributed by atoms with Crippen LogP contribution < -0.4 is 0 Å². The number of β-amino-alcohol motifs (C(OH)–C–C–N with tert-alkyl or cyclic N) is 1. The number of hydrogen-bond acceptors (Lipinski definition) is 2. The SMILES string of the molecule is CCC1(O)CN(C(=O)C2CCCC(C(F)(F)F)C2)C1. The molecule has 0 radical (unpaired) electrons. The highest BCUT2D eigenvalue weighted by Gasteiger charge is 2.47. The van der Waals surface area contributed by atoms with Gasteiger partial charge in [-0.25, -0.2) is 0 Å². The average Bonchev–Trinajstić information content (AvgIpc) is 2.33. The first-order valence-corrected chi connectivity index (χ1v) is 6.83. The Bertz CT molecular complexity index is 350. The molecule has 2 atom stereocenters. The van der Waals surface area contributed by atoms with E-state index in [0.29, 0.717) is 19.3 Å². The van der Waals surface area contributed by atoms with E-state index in [-0.39, 0.29) is 31.8 Å². The van der Waals surface area contributed by atoms with E-state index in [9.17, 15) is 23.1 Å². The lowest BCUT2D eigenvalue weighted by molar-refractivity contribution is -0.190. The summed E-state index contributed by atoms with van der Waals surface area (Å²) in [5.41, 5.74) is -0.826. The minimum absolute atomic E-state index is 0.0939. The highest BCUT2D eigenvalue weighted by atomic mass is 19.4. The summed E-state index contributed by atoms with van der Waals surface area (Å²) >= 11 is 0. The van der Waals surface area contributed by atoms with Crippen LogP contribution in [-0.4, -0.2) is 40.8 Å². The lowest BCUT2D eigenvalue weighted by Gasteiger charge is -2.48. The van der Waals surface area contributed by atoms with Crippen molar-refractivity contribution in [3.8, 4) is 0 Å². The largest absolute Gasteiger partial charge is 0.391 e. The highest BCUT2D eigenvalue weighted by molar-refractivity contribution is 5.80. The van der Waals surface area contributed by atoms with Crippen molar-refractivity contribution in [1.29, 1.82) is 0 Å². The lowest BCUT2D eigenvalue weighted by Crippen LogP contribution is -2.64. The zero-order valence-corrected chi connectivity index (χ0v) is 11.0. The molecule has 1 saturated heterocycles. The summed E-state index contributed by atoms with van der Waals surface area (Å²) in [6.07, 6.45) is -2.61. The molecule has 2 unspecified atom stereocenters. The average molecular weight is 279 g/mol. The van der Waals surface area contributed by atoms with Crippen molar-refractivity contribution in [1.82, 2.24) is 4.90 Å². The molecule has 0 aromatic carbocycles. The van der Waals surface area contributed by atoms with Crippen molar-refractivity contribution in [2.75, 3.05) is 13.1 Å². The lowest BCUT2D eigenvalue weighted by atomic mass is 9.79. The van der Waals surface area contributed by atoms with Crippen LogP contribution in [0.15, 0.2) is 0 Å². The van der Waals surface area contributed by atoms with Crippen molar-refractivity contribution in [3.05, 3.63) is 0 Å². The highest BCUT2D eigenvalue weighted by Crippen LogP contribution is 2.41.